The summed E-state index contributed by atoms with van der Waals surface area (Å²) in [6.45, 7) is 8.23. The highest BCUT2D eigenvalue weighted by Crippen LogP contribution is 2.16. The van der Waals surface area contributed by atoms with Gasteiger partial charge in [0.15, 0.2) is 0 Å². The molecule has 0 aliphatic heterocycles. The summed E-state index contributed by atoms with van der Waals surface area (Å²) >= 11 is 5.81. The number of carbonyl (C=O) groups is 1. The molecule has 0 bridgehead atoms. The lowest BCUT2D eigenvalue weighted by atomic mass is 10.0. The predicted molar refractivity (Wildman–Crippen MR) is 106 cm³/mol. The molecule has 1 aromatic carbocycles. The molecule has 1 amide bonds. The van der Waals surface area contributed by atoms with E-state index in [2.05, 4.69) is 23.9 Å². The summed E-state index contributed by atoms with van der Waals surface area (Å²) in [4.78, 5) is 14.7. The number of hydrogen-bond donors (Lipinski definition) is 2. The second-order valence-electron chi connectivity index (χ2n) is 7.32. The van der Waals surface area contributed by atoms with Crippen molar-refractivity contribution in [2.45, 2.75) is 44.7 Å². The van der Waals surface area contributed by atoms with Crippen molar-refractivity contribution in [3.8, 4) is 0 Å². The molecule has 0 saturated carbocycles. The lowest BCUT2D eigenvalue weighted by molar-refractivity contribution is -0.123. The fourth-order valence-electron chi connectivity index (χ4n) is 2.67. The van der Waals surface area contributed by atoms with Gasteiger partial charge in [-0.3, -0.25) is 4.79 Å². The van der Waals surface area contributed by atoms with Crippen LogP contribution in [0.4, 0.5) is 0 Å². The van der Waals surface area contributed by atoms with E-state index in [9.17, 15) is 13.2 Å². The van der Waals surface area contributed by atoms with Gasteiger partial charge in [0.05, 0.1) is 4.90 Å². The van der Waals surface area contributed by atoms with E-state index >= 15 is 0 Å². The number of hydrogen-bond acceptors (Lipinski definition) is 4. The molecular formula is C18H30ClN3O3S. The molecule has 1 unspecified atom stereocenters. The van der Waals surface area contributed by atoms with Crippen LogP contribution >= 0.6 is 11.6 Å². The molecule has 0 radical (unpaired) electrons. The van der Waals surface area contributed by atoms with Gasteiger partial charge in [0, 0.05) is 17.6 Å². The first-order chi connectivity index (χ1) is 12.0. The van der Waals surface area contributed by atoms with Crippen molar-refractivity contribution in [2.75, 3.05) is 20.6 Å². The van der Waals surface area contributed by atoms with Crippen LogP contribution in [0, 0.1) is 11.8 Å². The zero-order chi connectivity index (χ0) is 20.1. The van der Waals surface area contributed by atoms with Crippen LogP contribution in [0.15, 0.2) is 29.2 Å². The summed E-state index contributed by atoms with van der Waals surface area (Å²) in [7, 11) is 0.0992. The monoisotopic (exact) mass is 403 g/mol. The average Bonchev–Trinajstić information content (AvgIpc) is 2.52. The van der Waals surface area contributed by atoms with Crippen LogP contribution in [0.1, 0.15) is 27.7 Å². The summed E-state index contributed by atoms with van der Waals surface area (Å²) in [5.41, 5.74) is 0. The van der Waals surface area contributed by atoms with Crippen LogP contribution in [0.3, 0.4) is 0 Å². The maximum absolute atomic E-state index is 12.6. The SMILES string of the molecule is CC(C)C(CNC(=O)[C@@H](NS(=O)(=O)c1ccc(Cl)cc1)C(C)C)N(C)C. The minimum absolute atomic E-state index is 0.0775. The molecule has 0 aromatic heterocycles. The molecule has 1 rings (SSSR count). The van der Waals surface area contributed by atoms with Crippen LogP contribution in [-0.2, 0) is 14.8 Å². The Bertz CT molecular complexity index is 680. The van der Waals surface area contributed by atoms with Gasteiger partial charge in [0.1, 0.15) is 6.04 Å². The first-order valence-corrected chi connectivity index (χ1v) is 10.5. The molecule has 2 N–H and O–H groups in total. The number of carbonyl (C=O) groups excluding carboxylic acids is 1. The van der Waals surface area contributed by atoms with Gasteiger partial charge < -0.3 is 10.2 Å². The minimum Gasteiger partial charge on any atom is -0.353 e. The van der Waals surface area contributed by atoms with Gasteiger partial charge in [0.2, 0.25) is 15.9 Å². The van der Waals surface area contributed by atoms with E-state index in [1.54, 1.807) is 13.8 Å². The third kappa shape index (κ3) is 6.54. The number of nitrogens with one attached hydrogen (secondary N) is 2. The Labute approximate surface area is 162 Å². The molecule has 0 aliphatic rings. The molecular weight excluding hydrogens is 374 g/mol. The first-order valence-electron chi connectivity index (χ1n) is 8.67. The van der Waals surface area contributed by atoms with Gasteiger partial charge in [-0.05, 0) is 50.2 Å². The third-order valence-electron chi connectivity index (χ3n) is 4.27. The van der Waals surface area contributed by atoms with E-state index < -0.39 is 16.1 Å². The molecule has 0 spiro atoms. The van der Waals surface area contributed by atoms with E-state index in [0.717, 1.165) is 0 Å². The Kier molecular flexibility index (Phi) is 8.53. The molecule has 0 aliphatic carbocycles. The van der Waals surface area contributed by atoms with Crippen molar-refractivity contribution in [3.63, 3.8) is 0 Å². The second-order valence-corrected chi connectivity index (χ2v) is 9.47. The summed E-state index contributed by atoms with van der Waals surface area (Å²) < 4.78 is 27.7. The minimum atomic E-state index is -3.82. The van der Waals surface area contributed by atoms with Gasteiger partial charge in [-0.25, -0.2) is 8.42 Å². The molecule has 26 heavy (non-hydrogen) atoms. The normalized spacial score (nSPS) is 14.7. The Balaban J connectivity index is 2.88. The quantitative estimate of drug-likeness (QED) is 0.663. The van der Waals surface area contributed by atoms with Gasteiger partial charge in [-0.2, -0.15) is 4.72 Å². The van der Waals surface area contributed by atoms with E-state index in [1.165, 1.54) is 24.3 Å². The standard InChI is InChI=1S/C18H30ClN3O3S/c1-12(2)16(22(5)6)11-20-18(23)17(13(3)4)21-26(24,25)15-9-7-14(19)8-10-15/h7-10,12-13,16-17,21H,11H2,1-6H3,(H,20,23)/t16?,17-/m0/s1. The fourth-order valence-corrected chi connectivity index (χ4v) is 4.14. The Hall–Kier alpha value is -1.15. The zero-order valence-electron chi connectivity index (χ0n) is 16.3. The molecule has 0 heterocycles. The summed E-state index contributed by atoms with van der Waals surface area (Å²) in [5.74, 6) is -0.174. The number of amides is 1. The largest absolute Gasteiger partial charge is 0.353 e. The number of nitrogens with zero attached hydrogens (tertiary/aromatic N) is 1. The molecule has 0 fully saturated rings. The number of rotatable bonds is 9. The van der Waals surface area contributed by atoms with E-state index in [4.69, 9.17) is 11.6 Å². The van der Waals surface area contributed by atoms with Crippen molar-refractivity contribution in [1.82, 2.24) is 14.9 Å². The highest BCUT2D eigenvalue weighted by atomic mass is 35.5. The van der Waals surface area contributed by atoms with Crippen LogP contribution in [0.25, 0.3) is 0 Å². The highest BCUT2D eigenvalue weighted by Gasteiger charge is 2.29. The number of halogens is 1. The van der Waals surface area contributed by atoms with Crippen LogP contribution in [0.2, 0.25) is 5.02 Å². The van der Waals surface area contributed by atoms with Crippen LogP contribution < -0.4 is 10.0 Å². The average molecular weight is 404 g/mol. The summed E-state index contributed by atoms with van der Waals surface area (Å²) in [6.07, 6.45) is 0. The molecule has 8 heteroatoms. The second kappa shape index (κ2) is 9.69. The molecule has 0 saturated heterocycles. The first kappa shape index (κ1) is 22.9. The molecule has 6 nitrogen and oxygen atoms in total. The maximum Gasteiger partial charge on any atom is 0.241 e. The lowest BCUT2D eigenvalue weighted by Gasteiger charge is -2.29. The summed E-state index contributed by atoms with van der Waals surface area (Å²) in [6, 6.07) is 5.16. The van der Waals surface area contributed by atoms with E-state index in [0.29, 0.717) is 17.5 Å². The summed E-state index contributed by atoms with van der Waals surface area (Å²) in [5, 5.41) is 3.33. The van der Waals surface area contributed by atoms with Crippen molar-refractivity contribution in [2.24, 2.45) is 11.8 Å². The number of likely N-dealkylation sites (N-methyl/N-ethyl adjacent to an activating group) is 1. The smallest absolute Gasteiger partial charge is 0.241 e. The van der Waals surface area contributed by atoms with Crippen LogP contribution in [-0.4, -0.2) is 51.9 Å². The van der Waals surface area contributed by atoms with Gasteiger partial charge in [0.25, 0.3) is 0 Å². The Morgan fingerprint density at radius 1 is 1.08 bits per heavy atom. The van der Waals surface area contributed by atoms with Gasteiger partial charge >= 0.3 is 0 Å². The number of sulfonamides is 1. The van der Waals surface area contributed by atoms with Crippen molar-refractivity contribution in [3.05, 3.63) is 29.3 Å². The Morgan fingerprint density at radius 2 is 1.62 bits per heavy atom. The predicted octanol–water partition coefficient (Wildman–Crippen LogP) is 2.35. The Morgan fingerprint density at radius 3 is 2.04 bits per heavy atom. The van der Waals surface area contributed by atoms with E-state index in [1.807, 2.05) is 19.0 Å². The fraction of sp³-hybridized carbons (Fsp3) is 0.611. The molecule has 148 valence electrons. The zero-order valence-corrected chi connectivity index (χ0v) is 17.9. The van der Waals surface area contributed by atoms with Crippen molar-refractivity contribution >= 4 is 27.5 Å². The highest BCUT2D eigenvalue weighted by molar-refractivity contribution is 7.89. The topological polar surface area (TPSA) is 78.5 Å². The van der Waals surface area contributed by atoms with Crippen molar-refractivity contribution in [1.29, 1.82) is 0 Å². The third-order valence-corrected chi connectivity index (χ3v) is 5.98. The van der Waals surface area contributed by atoms with Gasteiger partial charge in [-0.1, -0.05) is 39.3 Å². The number of benzene rings is 1. The van der Waals surface area contributed by atoms with Gasteiger partial charge in [-0.15, -0.1) is 0 Å². The van der Waals surface area contributed by atoms with E-state index in [-0.39, 0.29) is 22.8 Å². The van der Waals surface area contributed by atoms with Crippen molar-refractivity contribution < 1.29 is 13.2 Å². The molecule has 2 atom stereocenters. The lowest BCUT2D eigenvalue weighted by Crippen LogP contribution is -2.52. The van der Waals surface area contributed by atoms with Crippen LogP contribution in [0.5, 0.6) is 0 Å². The maximum atomic E-state index is 12.6. The molecule has 1 aromatic rings.